The van der Waals surface area contributed by atoms with Crippen molar-refractivity contribution in [3.05, 3.63) is 51.9 Å². The Kier molecular flexibility index (Phi) is 2.79. The zero-order valence-electron chi connectivity index (χ0n) is 9.07. The fourth-order valence-corrected chi connectivity index (χ4v) is 1.73. The first-order chi connectivity index (χ1) is 7.61. The predicted octanol–water partition coefficient (Wildman–Crippen LogP) is 2.65. The van der Waals surface area contributed by atoms with E-state index in [1.807, 2.05) is 13.0 Å². The van der Waals surface area contributed by atoms with Crippen molar-refractivity contribution in [3.8, 4) is 11.4 Å². The Hall–Kier alpha value is -1.61. The van der Waals surface area contributed by atoms with Crippen LogP contribution in [0.3, 0.4) is 0 Å². The average Bonchev–Trinajstić information content (AvgIpc) is 2.32. The summed E-state index contributed by atoms with van der Waals surface area (Å²) in [6.45, 7) is 3.58. The van der Waals surface area contributed by atoms with Crippen LogP contribution in [0.2, 0.25) is 5.02 Å². The lowest BCUT2D eigenvalue weighted by atomic mass is 10.1. The summed E-state index contributed by atoms with van der Waals surface area (Å²) in [7, 11) is 0. The van der Waals surface area contributed by atoms with Gasteiger partial charge in [0.25, 0.3) is 0 Å². The van der Waals surface area contributed by atoms with Gasteiger partial charge >= 0.3 is 0 Å². The Labute approximate surface area is 98.9 Å². The number of halogens is 1. The normalized spacial score (nSPS) is 10.4. The number of hydrogen-bond acceptors (Lipinski definition) is 2. The van der Waals surface area contributed by atoms with E-state index in [1.165, 1.54) is 0 Å². The molecule has 0 aliphatic carbocycles. The lowest BCUT2D eigenvalue weighted by molar-refractivity contribution is -0.601. The number of pyridine rings is 2. The molecule has 2 aromatic heterocycles. The van der Waals surface area contributed by atoms with E-state index in [0.29, 0.717) is 22.1 Å². The molecule has 0 fully saturated rings. The number of hydrogen-bond donors (Lipinski definition) is 0. The summed E-state index contributed by atoms with van der Waals surface area (Å²) in [5, 5.41) is 12.5. The van der Waals surface area contributed by atoms with Gasteiger partial charge in [0.05, 0.1) is 5.02 Å². The van der Waals surface area contributed by atoms with Gasteiger partial charge in [-0.2, -0.15) is 4.73 Å². The van der Waals surface area contributed by atoms with Crippen LogP contribution in [-0.4, -0.2) is 4.98 Å². The van der Waals surface area contributed by atoms with Crippen molar-refractivity contribution in [2.75, 3.05) is 0 Å². The topological polar surface area (TPSA) is 39.8 Å². The summed E-state index contributed by atoms with van der Waals surface area (Å²) < 4.78 is 0.865. The fraction of sp³-hybridized carbons (Fsp3) is 0.167. The minimum absolute atomic E-state index is 0.480. The molecule has 0 saturated heterocycles. The molecule has 0 bridgehead atoms. The van der Waals surface area contributed by atoms with Crippen LogP contribution in [0.25, 0.3) is 11.4 Å². The highest BCUT2D eigenvalue weighted by molar-refractivity contribution is 6.31. The third-order valence-electron chi connectivity index (χ3n) is 2.62. The Morgan fingerprint density at radius 3 is 2.69 bits per heavy atom. The molecule has 4 heteroatoms. The van der Waals surface area contributed by atoms with Crippen LogP contribution >= 0.6 is 11.6 Å². The van der Waals surface area contributed by atoms with Crippen molar-refractivity contribution >= 4 is 11.6 Å². The van der Waals surface area contributed by atoms with E-state index >= 15 is 0 Å². The van der Waals surface area contributed by atoms with Crippen LogP contribution in [0.5, 0.6) is 0 Å². The van der Waals surface area contributed by atoms with Gasteiger partial charge in [0.2, 0.25) is 5.69 Å². The predicted molar refractivity (Wildman–Crippen MR) is 63.1 cm³/mol. The second kappa shape index (κ2) is 4.10. The van der Waals surface area contributed by atoms with E-state index in [1.54, 1.807) is 31.3 Å². The van der Waals surface area contributed by atoms with Crippen LogP contribution in [0.15, 0.2) is 30.5 Å². The molecule has 0 aliphatic rings. The van der Waals surface area contributed by atoms with Crippen LogP contribution in [0.1, 0.15) is 11.3 Å². The van der Waals surface area contributed by atoms with Crippen molar-refractivity contribution in [3.63, 3.8) is 0 Å². The molecule has 2 aromatic rings. The zero-order valence-corrected chi connectivity index (χ0v) is 9.82. The summed E-state index contributed by atoms with van der Waals surface area (Å²) in [5.74, 6) is 0. The molecule has 0 aliphatic heterocycles. The van der Waals surface area contributed by atoms with Crippen molar-refractivity contribution in [2.24, 2.45) is 0 Å². The second-order valence-corrected chi connectivity index (χ2v) is 4.00. The Balaban J connectivity index is 2.68. The molecule has 0 unspecified atom stereocenters. The third-order valence-corrected chi connectivity index (χ3v) is 3.01. The van der Waals surface area contributed by atoms with E-state index in [9.17, 15) is 5.21 Å². The summed E-state index contributed by atoms with van der Waals surface area (Å²) in [6.07, 6.45) is 1.65. The largest absolute Gasteiger partial charge is 0.618 e. The summed E-state index contributed by atoms with van der Waals surface area (Å²) in [5.41, 5.74) is 2.51. The molecule has 2 heterocycles. The highest BCUT2D eigenvalue weighted by Crippen LogP contribution is 2.22. The van der Waals surface area contributed by atoms with Crippen LogP contribution in [0, 0.1) is 19.1 Å². The zero-order chi connectivity index (χ0) is 11.7. The molecule has 0 aromatic carbocycles. The second-order valence-electron chi connectivity index (χ2n) is 3.60. The Morgan fingerprint density at radius 2 is 2.06 bits per heavy atom. The van der Waals surface area contributed by atoms with E-state index in [0.717, 1.165) is 10.3 Å². The molecule has 0 amide bonds. The van der Waals surface area contributed by atoms with Crippen molar-refractivity contribution in [1.29, 1.82) is 0 Å². The van der Waals surface area contributed by atoms with Crippen LogP contribution < -0.4 is 4.73 Å². The van der Waals surface area contributed by atoms with Gasteiger partial charge in [0.1, 0.15) is 5.69 Å². The van der Waals surface area contributed by atoms with E-state index < -0.39 is 0 Å². The Morgan fingerprint density at radius 1 is 1.31 bits per heavy atom. The van der Waals surface area contributed by atoms with Gasteiger partial charge in [-0.15, -0.1) is 0 Å². The Bertz CT molecular complexity index is 526. The summed E-state index contributed by atoms with van der Waals surface area (Å²) in [6, 6.07) is 7.08. The molecule has 0 radical (unpaired) electrons. The smallest absolute Gasteiger partial charge is 0.244 e. The van der Waals surface area contributed by atoms with Crippen molar-refractivity contribution < 1.29 is 4.73 Å². The van der Waals surface area contributed by atoms with Gasteiger partial charge in [-0.25, -0.2) is 4.98 Å². The van der Waals surface area contributed by atoms with Gasteiger partial charge in [-0.3, -0.25) is 0 Å². The first-order valence-electron chi connectivity index (χ1n) is 4.92. The minimum atomic E-state index is 0.480. The molecule has 16 heavy (non-hydrogen) atoms. The molecule has 0 saturated carbocycles. The summed E-state index contributed by atoms with van der Waals surface area (Å²) in [4.78, 5) is 4.14. The number of aromatic nitrogens is 2. The van der Waals surface area contributed by atoms with Gasteiger partial charge in [0.15, 0.2) is 5.69 Å². The number of rotatable bonds is 1. The van der Waals surface area contributed by atoms with Gasteiger partial charge in [-0.1, -0.05) is 17.7 Å². The monoisotopic (exact) mass is 234 g/mol. The van der Waals surface area contributed by atoms with Gasteiger partial charge < -0.3 is 5.21 Å². The lowest BCUT2D eigenvalue weighted by Gasteiger charge is -2.09. The molecule has 0 N–H and O–H groups in total. The molecule has 2 rings (SSSR count). The van der Waals surface area contributed by atoms with E-state index in [-0.39, 0.29) is 0 Å². The quantitative estimate of drug-likeness (QED) is 0.562. The number of nitrogens with zero attached hydrogens (tertiary/aromatic N) is 2. The standard InChI is InChI=1S/C12H11ClN2O/c1-8-9(2)15(16)12(7-10(8)13)11-5-3-4-6-14-11/h3-7H,1-2H3. The van der Waals surface area contributed by atoms with Crippen molar-refractivity contribution in [2.45, 2.75) is 13.8 Å². The van der Waals surface area contributed by atoms with Crippen molar-refractivity contribution in [1.82, 2.24) is 4.98 Å². The van der Waals surface area contributed by atoms with E-state index in [4.69, 9.17) is 11.6 Å². The highest BCUT2D eigenvalue weighted by Gasteiger charge is 2.16. The third kappa shape index (κ3) is 1.74. The SMILES string of the molecule is Cc1c(Cl)cc(-c2ccccn2)[n+]([O-])c1C. The highest BCUT2D eigenvalue weighted by atomic mass is 35.5. The maximum Gasteiger partial charge on any atom is 0.244 e. The summed E-state index contributed by atoms with van der Waals surface area (Å²) >= 11 is 6.06. The van der Waals surface area contributed by atoms with Gasteiger partial charge in [0, 0.05) is 24.8 Å². The van der Waals surface area contributed by atoms with E-state index in [2.05, 4.69) is 4.98 Å². The molecular weight excluding hydrogens is 224 g/mol. The minimum Gasteiger partial charge on any atom is -0.618 e. The lowest BCUT2D eigenvalue weighted by Crippen LogP contribution is -2.34. The molecule has 82 valence electrons. The van der Waals surface area contributed by atoms with Crippen LogP contribution in [0.4, 0.5) is 0 Å². The van der Waals surface area contributed by atoms with Crippen LogP contribution in [-0.2, 0) is 0 Å². The average molecular weight is 235 g/mol. The first kappa shape index (κ1) is 10.9. The maximum absolute atomic E-state index is 12.0. The molecular formula is C12H11ClN2O. The van der Waals surface area contributed by atoms with Gasteiger partial charge in [-0.05, 0) is 19.1 Å². The fourth-order valence-electron chi connectivity index (χ4n) is 1.48. The molecule has 0 spiro atoms. The molecule has 3 nitrogen and oxygen atoms in total. The molecule has 0 atom stereocenters. The maximum atomic E-state index is 12.0. The first-order valence-corrected chi connectivity index (χ1v) is 5.29.